The molecule has 3 aromatic carbocycles. The molecule has 9 heteroatoms. The third-order valence-corrected chi connectivity index (χ3v) is 5.27. The summed E-state index contributed by atoms with van der Waals surface area (Å²) in [6.07, 6.45) is 0.565. The number of carbonyl (C=O) groups is 2. The summed E-state index contributed by atoms with van der Waals surface area (Å²) < 4.78 is 11.2. The molecule has 1 amide bonds. The van der Waals surface area contributed by atoms with E-state index in [0.717, 1.165) is 22.9 Å². The van der Waals surface area contributed by atoms with Crippen molar-refractivity contribution >= 4 is 17.6 Å². The number of carboxylic acid groups (broad SMARTS) is 1. The Labute approximate surface area is 202 Å². The van der Waals surface area contributed by atoms with Crippen LogP contribution in [-0.2, 0) is 22.6 Å². The van der Waals surface area contributed by atoms with E-state index in [0.29, 0.717) is 13.0 Å². The number of anilines is 1. The van der Waals surface area contributed by atoms with Crippen molar-refractivity contribution in [1.29, 1.82) is 0 Å². The summed E-state index contributed by atoms with van der Waals surface area (Å²) in [4.78, 5) is 34.1. The zero-order valence-electron chi connectivity index (χ0n) is 19.1. The Morgan fingerprint density at radius 3 is 2.37 bits per heavy atom. The Balaban J connectivity index is 1.47. The van der Waals surface area contributed by atoms with E-state index in [2.05, 4.69) is 5.32 Å². The number of aromatic carboxylic acids is 1. The van der Waals surface area contributed by atoms with Gasteiger partial charge in [0.25, 0.3) is 0 Å². The van der Waals surface area contributed by atoms with Crippen LogP contribution < -0.4 is 15.2 Å². The molecule has 3 aromatic rings. The van der Waals surface area contributed by atoms with E-state index in [1.807, 2.05) is 54.6 Å². The van der Waals surface area contributed by atoms with Crippen molar-refractivity contribution in [2.45, 2.75) is 26.0 Å². The van der Waals surface area contributed by atoms with Crippen LogP contribution in [-0.4, -0.2) is 30.0 Å². The first-order valence-electron chi connectivity index (χ1n) is 11.0. The van der Waals surface area contributed by atoms with Gasteiger partial charge in [-0.2, -0.15) is 0 Å². The maximum absolute atomic E-state index is 12.3. The SMILES string of the molecule is CC(c1ccc(C(=O)[O-])cc1NC(=O)COCCc1ccc(OCc2ccccc2)cc1)[N+](=O)[O-]. The molecule has 1 N–H and O–H groups in total. The van der Waals surface area contributed by atoms with Crippen molar-refractivity contribution in [3.63, 3.8) is 0 Å². The molecular weight excluding hydrogens is 452 g/mol. The maximum atomic E-state index is 12.3. The second-order valence-electron chi connectivity index (χ2n) is 7.82. The highest BCUT2D eigenvalue weighted by Gasteiger charge is 2.21. The number of rotatable bonds is 12. The molecule has 0 saturated carbocycles. The Hall–Kier alpha value is -4.24. The Bertz CT molecular complexity index is 1160. The number of hydrogen-bond acceptors (Lipinski definition) is 7. The maximum Gasteiger partial charge on any atom is 0.250 e. The molecule has 35 heavy (non-hydrogen) atoms. The van der Waals surface area contributed by atoms with Crippen molar-refractivity contribution in [2.24, 2.45) is 0 Å². The molecule has 0 bridgehead atoms. The van der Waals surface area contributed by atoms with E-state index in [-0.39, 0.29) is 30.0 Å². The zero-order valence-corrected chi connectivity index (χ0v) is 19.1. The Morgan fingerprint density at radius 2 is 1.71 bits per heavy atom. The van der Waals surface area contributed by atoms with E-state index in [4.69, 9.17) is 9.47 Å². The fourth-order valence-electron chi connectivity index (χ4n) is 3.30. The van der Waals surface area contributed by atoms with Gasteiger partial charge in [0.15, 0.2) is 0 Å². The van der Waals surface area contributed by atoms with Gasteiger partial charge in [-0.15, -0.1) is 0 Å². The molecular formula is C26H25N2O7-. The standard InChI is InChI=1S/C26H26N2O7/c1-18(28(32)33)23-12-9-21(26(30)31)15-24(23)27-25(29)17-34-14-13-19-7-10-22(11-8-19)35-16-20-5-3-2-4-6-20/h2-12,15,18H,13-14,16-17H2,1H3,(H,27,29)(H,30,31)/p-1. The van der Waals surface area contributed by atoms with Crippen LogP contribution in [0.3, 0.4) is 0 Å². The van der Waals surface area contributed by atoms with Crippen LogP contribution in [0.15, 0.2) is 72.8 Å². The Morgan fingerprint density at radius 1 is 1.00 bits per heavy atom. The fourth-order valence-corrected chi connectivity index (χ4v) is 3.30. The van der Waals surface area contributed by atoms with Crippen LogP contribution in [0.4, 0.5) is 5.69 Å². The number of carboxylic acids is 1. The van der Waals surface area contributed by atoms with Gasteiger partial charge >= 0.3 is 0 Å². The van der Waals surface area contributed by atoms with Crippen molar-refractivity contribution in [2.75, 3.05) is 18.5 Å². The number of ether oxygens (including phenoxy) is 2. The molecule has 0 fully saturated rings. The molecule has 1 atom stereocenters. The lowest BCUT2D eigenvalue weighted by molar-refractivity contribution is -0.524. The van der Waals surface area contributed by atoms with Crippen LogP contribution in [0.1, 0.15) is 40.0 Å². The molecule has 182 valence electrons. The topological polar surface area (TPSA) is 131 Å². The molecule has 0 radical (unpaired) electrons. The van der Waals surface area contributed by atoms with Crippen molar-refractivity contribution in [3.05, 3.63) is 105 Å². The van der Waals surface area contributed by atoms with Gasteiger partial charge in [-0.25, -0.2) is 0 Å². The molecule has 0 aliphatic rings. The van der Waals surface area contributed by atoms with Crippen molar-refractivity contribution < 1.29 is 29.1 Å². The van der Waals surface area contributed by atoms with Crippen LogP contribution in [0.25, 0.3) is 0 Å². The second kappa shape index (κ2) is 12.3. The average Bonchev–Trinajstić information content (AvgIpc) is 2.86. The summed E-state index contributed by atoms with van der Waals surface area (Å²) in [5, 5.41) is 24.8. The molecule has 0 spiro atoms. The minimum absolute atomic E-state index is 0.0376. The highest BCUT2D eigenvalue weighted by molar-refractivity contribution is 5.95. The van der Waals surface area contributed by atoms with Crippen LogP contribution in [0.5, 0.6) is 5.75 Å². The highest BCUT2D eigenvalue weighted by Crippen LogP contribution is 2.26. The molecule has 0 heterocycles. The molecule has 0 saturated heterocycles. The lowest BCUT2D eigenvalue weighted by atomic mass is 10.0. The second-order valence-corrected chi connectivity index (χ2v) is 7.82. The quantitative estimate of drug-likeness (QED) is 0.241. The first-order valence-corrected chi connectivity index (χ1v) is 11.0. The van der Waals surface area contributed by atoms with Gasteiger partial charge in [-0.1, -0.05) is 48.5 Å². The molecule has 0 aliphatic carbocycles. The Kier molecular flexibility index (Phi) is 8.91. The lowest BCUT2D eigenvalue weighted by Gasteiger charge is -2.14. The van der Waals surface area contributed by atoms with E-state index in [9.17, 15) is 24.8 Å². The van der Waals surface area contributed by atoms with Gasteiger partial charge in [0.1, 0.15) is 19.0 Å². The summed E-state index contributed by atoms with van der Waals surface area (Å²) in [7, 11) is 0. The predicted octanol–water partition coefficient (Wildman–Crippen LogP) is 3.16. The van der Waals surface area contributed by atoms with Crippen LogP contribution in [0.2, 0.25) is 0 Å². The van der Waals surface area contributed by atoms with Gasteiger partial charge in [-0.3, -0.25) is 14.9 Å². The van der Waals surface area contributed by atoms with Gasteiger partial charge in [0.05, 0.1) is 18.3 Å². The first-order chi connectivity index (χ1) is 16.8. The zero-order chi connectivity index (χ0) is 25.2. The van der Waals surface area contributed by atoms with Gasteiger partial charge in [0.2, 0.25) is 11.9 Å². The van der Waals surface area contributed by atoms with Gasteiger partial charge in [-0.05, 0) is 47.4 Å². The number of hydrogen-bond donors (Lipinski definition) is 1. The first kappa shape index (κ1) is 25.4. The summed E-state index contributed by atoms with van der Waals surface area (Å²) in [5.74, 6) is -1.26. The summed E-state index contributed by atoms with van der Waals surface area (Å²) in [6.45, 7) is 1.81. The van der Waals surface area contributed by atoms with E-state index in [1.54, 1.807) is 0 Å². The normalized spacial score (nSPS) is 11.5. The molecule has 9 nitrogen and oxygen atoms in total. The summed E-state index contributed by atoms with van der Waals surface area (Å²) in [6, 6.07) is 19.9. The summed E-state index contributed by atoms with van der Waals surface area (Å²) >= 11 is 0. The molecule has 3 rings (SSSR count). The van der Waals surface area contributed by atoms with Crippen molar-refractivity contribution in [1.82, 2.24) is 0 Å². The van der Waals surface area contributed by atoms with E-state index >= 15 is 0 Å². The predicted molar refractivity (Wildman–Crippen MR) is 127 cm³/mol. The minimum Gasteiger partial charge on any atom is -0.545 e. The van der Waals surface area contributed by atoms with Crippen molar-refractivity contribution in [3.8, 4) is 5.75 Å². The third-order valence-electron chi connectivity index (χ3n) is 5.27. The molecule has 0 aliphatic heterocycles. The van der Waals surface area contributed by atoms with Gasteiger partial charge < -0.3 is 24.7 Å². The van der Waals surface area contributed by atoms with Crippen LogP contribution >= 0.6 is 0 Å². The summed E-state index contributed by atoms with van der Waals surface area (Å²) in [5.41, 5.74) is 2.10. The van der Waals surface area contributed by atoms with Gasteiger partial charge in [0, 0.05) is 17.4 Å². The number of amides is 1. The largest absolute Gasteiger partial charge is 0.545 e. The number of nitrogens with zero attached hydrogens (tertiary/aromatic N) is 1. The monoisotopic (exact) mass is 477 g/mol. The highest BCUT2D eigenvalue weighted by atomic mass is 16.6. The number of carbonyl (C=O) groups excluding carboxylic acids is 2. The van der Waals surface area contributed by atoms with E-state index < -0.39 is 22.8 Å². The number of nitro groups is 1. The minimum atomic E-state index is -1.45. The molecule has 1 unspecified atom stereocenters. The van der Waals surface area contributed by atoms with Crippen LogP contribution in [0, 0.1) is 10.1 Å². The third kappa shape index (κ3) is 7.65. The smallest absolute Gasteiger partial charge is 0.250 e. The average molecular weight is 477 g/mol. The fraction of sp³-hybridized carbons (Fsp3) is 0.231. The molecule has 0 aromatic heterocycles. The lowest BCUT2D eigenvalue weighted by Crippen LogP contribution is -2.24. The van der Waals surface area contributed by atoms with E-state index in [1.165, 1.54) is 19.1 Å². The number of benzene rings is 3. The number of nitrogens with one attached hydrogen (secondary N) is 1.